The van der Waals surface area contributed by atoms with Crippen molar-refractivity contribution in [3.63, 3.8) is 0 Å². The fraction of sp³-hybridized carbons (Fsp3) is 0.368. The number of hydrogen-bond acceptors (Lipinski definition) is 5. The molecule has 0 fully saturated rings. The Morgan fingerprint density at radius 2 is 2.12 bits per heavy atom. The Balaban J connectivity index is 1.60. The number of hydrogen-bond donors (Lipinski definition) is 3. The number of rotatable bonds is 7. The minimum atomic E-state index is -0.590. The Kier molecular flexibility index (Phi) is 6.25. The van der Waals surface area contributed by atoms with E-state index in [0.717, 1.165) is 34.7 Å². The number of aliphatic hydroxyl groups is 1. The molecule has 138 valence electrons. The molecule has 6 nitrogen and oxygen atoms in total. The molecule has 2 aromatic heterocycles. The van der Waals surface area contributed by atoms with E-state index in [4.69, 9.17) is 4.52 Å². The standard InChI is InChI=1S/C19H24N4O2S/c1-3-14-10-15(25-23-14)11-21-19(20-4-2)22-12-16(24)18-9-13-7-5-6-8-17(13)26-18/h5-10,16,24H,3-4,11-12H2,1-2H3,(H2,20,21,22). The van der Waals surface area contributed by atoms with Gasteiger partial charge in [-0.1, -0.05) is 30.3 Å². The van der Waals surface area contributed by atoms with Crippen LogP contribution in [0, 0.1) is 0 Å². The molecule has 3 aromatic rings. The number of aliphatic imine (C=N–C) groups is 1. The molecule has 0 saturated heterocycles. The van der Waals surface area contributed by atoms with Crippen molar-refractivity contribution in [2.75, 3.05) is 13.1 Å². The first-order chi connectivity index (χ1) is 12.7. The number of aryl methyl sites for hydroxylation is 1. The molecule has 3 N–H and O–H groups in total. The first-order valence-electron chi connectivity index (χ1n) is 8.82. The summed E-state index contributed by atoms with van der Waals surface area (Å²) in [7, 11) is 0. The maximum absolute atomic E-state index is 10.5. The zero-order chi connectivity index (χ0) is 18.4. The number of nitrogens with one attached hydrogen (secondary N) is 2. The second kappa shape index (κ2) is 8.82. The molecule has 1 aromatic carbocycles. The summed E-state index contributed by atoms with van der Waals surface area (Å²) in [4.78, 5) is 5.43. The summed E-state index contributed by atoms with van der Waals surface area (Å²) >= 11 is 1.61. The summed E-state index contributed by atoms with van der Waals surface area (Å²) in [6.07, 6.45) is 0.251. The quantitative estimate of drug-likeness (QED) is 0.438. The lowest BCUT2D eigenvalue weighted by Crippen LogP contribution is -2.39. The number of aliphatic hydroxyl groups excluding tert-OH is 1. The Morgan fingerprint density at radius 1 is 1.27 bits per heavy atom. The largest absolute Gasteiger partial charge is 0.386 e. The second-order valence-corrected chi connectivity index (χ2v) is 7.03. The Labute approximate surface area is 156 Å². The minimum absolute atomic E-state index is 0.384. The SMILES string of the molecule is CCNC(=NCc1cc(CC)no1)NCC(O)c1cc2ccccc2s1. The van der Waals surface area contributed by atoms with Crippen LogP contribution in [0.4, 0.5) is 0 Å². The summed E-state index contributed by atoms with van der Waals surface area (Å²) in [5.41, 5.74) is 0.924. The van der Waals surface area contributed by atoms with Gasteiger partial charge in [0.25, 0.3) is 0 Å². The van der Waals surface area contributed by atoms with Gasteiger partial charge in [-0.05, 0) is 30.9 Å². The summed E-state index contributed by atoms with van der Waals surface area (Å²) in [6, 6.07) is 12.1. The molecule has 0 saturated carbocycles. The highest BCUT2D eigenvalue weighted by Crippen LogP contribution is 2.29. The topological polar surface area (TPSA) is 82.7 Å². The van der Waals surface area contributed by atoms with Gasteiger partial charge in [-0.15, -0.1) is 11.3 Å². The highest BCUT2D eigenvalue weighted by molar-refractivity contribution is 7.19. The van der Waals surface area contributed by atoms with Gasteiger partial charge in [0.2, 0.25) is 0 Å². The van der Waals surface area contributed by atoms with Crippen molar-refractivity contribution < 1.29 is 9.63 Å². The van der Waals surface area contributed by atoms with Gasteiger partial charge < -0.3 is 20.3 Å². The average Bonchev–Trinajstić information content (AvgIpc) is 3.30. The number of thiophene rings is 1. The molecular weight excluding hydrogens is 348 g/mol. The number of guanidine groups is 1. The van der Waals surface area contributed by atoms with E-state index in [-0.39, 0.29) is 0 Å². The van der Waals surface area contributed by atoms with E-state index in [9.17, 15) is 5.11 Å². The summed E-state index contributed by atoms with van der Waals surface area (Å²) in [5.74, 6) is 1.37. The fourth-order valence-corrected chi connectivity index (χ4v) is 3.61. The molecule has 0 amide bonds. The number of nitrogens with zero attached hydrogens (tertiary/aromatic N) is 2. The van der Waals surface area contributed by atoms with Gasteiger partial charge in [0.15, 0.2) is 11.7 Å². The lowest BCUT2D eigenvalue weighted by atomic mass is 10.2. The minimum Gasteiger partial charge on any atom is -0.386 e. The van der Waals surface area contributed by atoms with Crippen molar-refractivity contribution in [2.24, 2.45) is 4.99 Å². The van der Waals surface area contributed by atoms with E-state index < -0.39 is 6.10 Å². The van der Waals surface area contributed by atoms with E-state index in [0.29, 0.717) is 19.0 Å². The van der Waals surface area contributed by atoms with Crippen LogP contribution in [0.1, 0.15) is 36.3 Å². The smallest absolute Gasteiger partial charge is 0.191 e. The zero-order valence-electron chi connectivity index (χ0n) is 15.0. The first-order valence-corrected chi connectivity index (χ1v) is 9.64. The number of aromatic nitrogens is 1. The van der Waals surface area contributed by atoms with Crippen LogP contribution in [0.25, 0.3) is 10.1 Å². The van der Waals surface area contributed by atoms with Gasteiger partial charge in [0.05, 0.1) is 5.69 Å². The van der Waals surface area contributed by atoms with Gasteiger partial charge in [0, 0.05) is 28.7 Å². The van der Waals surface area contributed by atoms with Crippen molar-refractivity contribution in [1.82, 2.24) is 15.8 Å². The van der Waals surface area contributed by atoms with Crippen molar-refractivity contribution in [3.05, 3.63) is 52.7 Å². The van der Waals surface area contributed by atoms with E-state index in [2.05, 4.69) is 32.9 Å². The summed E-state index contributed by atoms with van der Waals surface area (Å²) in [5, 5.41) is 22.0. The molecule has 0 aliphatic carbocycles. The van der Waals surface area contributed by atoms with E-state index in [1.165, 1.54) is 4.70 Å². The molecule has 2 heterocycles. The molecule has 26 heavy (non-hydrogen) atoms. The molecule has 7 heteroatoms. The lowest BCUT2D eigenvalue weighted by molar-refractivity contribution is 0.184. The van der Waals surface area contributed by atoms with Crippen molar-refractivity contribution in [3.8, 4) is 0 Å². The van der Waals surface area contributed by atoms with Crippen LogP contribution in [-0.4, -0.2) is 29.3 Å². The molecule has 0 bridgehead atoms. The number of benzene rings is 1. The highest BCUT2D eigenvalue weighted by Gasteiger charge is 2.12. The van der Waals surface area contributed by atoms with Crippen molar-refractivity contribution in [2.45, 2.75) is 32.9 Å². The van der Waals surface area contributed by atoms with Crippen molar-refractivity contribution >= 4 is 27.4 Å². The molecule has 1 unspecified atom stereocenters. The third-order valence-electron chi connectivity index (χ3n) is 3.94. The molecule has 3 rings (SSSR count). The first kappa shape index (κ1) is 18.4. The Morgan fingerprint density at radius 3 is 2.85 bits per heavy atom. The predicted octanol–water partition coefficient (Wildman–Crippen LogP) is 3.24. The monoisotopic (exact) mass is 372 g/mol. The van der Waals surface area contributed by atoms with Crippen LogP contribution < -0.4 is 10.6 Å². The van der Waals surface area contributed by atoms with Gasteiger partial charge in [-0.2, -0.15) is 0 Å². The van der Waals surface area contributed by atoms with Gasteiger partial charge in [-0.3, -0.25) is 0 Å². The summed E-state index contributed by atoms with van der Waals surface area (Å²) in [6.45, 7) is 5.56. The molecule has 0 aliphatic rings. The Bertz CT molecular complexity index is 838. The van der Waals surface area contributed by atoms with Crippen LogP contribution in [0.3, 0.4) is 0 Å². The van der Waals surface area contributed by atoms with Gasteiger partial charge in [0.1, 0.15) is 12.6 Å². The third kappa shape index (κ3) is 4.62. The van der Waals surface area contributed by atoms with E-state index in [1.807, 2.05) is 38.1 Å². The summed E-state index contributed by atoms with van der Waals surface area (Å²) < 4.78 is 6.43. The van der Waals surface area contributed by atoms with E-state index >= 15 is 0 Å². The lowest BCUT2D eigenvalue weighted by Gasteiger charge is -2.14. The highest BCUT2D eigenvalue weighted by atomic mass is 32.1. The Hall–Kier alpha value is -2.38. The molecule has 0 spiro atoms. The van der Waals surface area contributed by atoms with Crippen LogP contribution in [0.15, 0.2) is 45.9 Å². The average molecular weight is 372 g/mol. The zero-order valence-corrected chi connectivity index (χ0v) is 15.8. The normalized spacial score (nSPS) is 13.1. The van der Waals surface area contributed by atoms with E-state index in [1.54, 1.807) is 11.3 Å². The van der Waals surface area contributed by atoms with Gasteiger partial charge >= 0.3 is 0 Å². The molecular formula is C19H24N4O2S. The van der Waals surface area contributed by atoms with Crippen molar-refractivity contribution in [1.29, 1.82) is 0 Å². The maximum atomic E-state index is 10.5. The van der Waals surface area contributed by atoms with Gasteiger partial charge in [-0.25, -0.2) is 4.99 Å². The van der Waals surface area contributed by atoms with Crippen LogP contribution in [0.5, 0.6) is 0 Å². The van der Waals surface area contributed by atoms with Crippen LogP contribution in [0.2, 0.25) is 0 Å². The van der Waals surface area contributed by atoms with Crippen LogP contribution in [-0.2, 0) is 13.0 Å². The number of fused-ring (bicyclic) bond motifs is 1. The predicted molar refractivity (Wildman–Crippen MR) is 105 cm³/mol. The fourth-order valence-electron chi connectivity index (χ4n) is 2.56. The third-order valence-corrected chi connectivity index (χ3v) is 5.16. The molecule has 0 aliphatic heterocycles. The second-order valence-electron chi connectivity index (χ2n) is 5.92. The molecule has 0 radical (unpaired) electrons. The maximum Gasteiger partial charge on any atom is 0.191 e. The molecule has 1 atom stereocenters. The van der Waals surface area contributed by atoms with Crippen LogP contribution >= 0.6 is 11.3 Å².